The predicted molar refractivity (Wildman–Crippen MR) is 102 cm³/mol. The Bertz CT molecular complexity index is 1140. The molecule has 28 heavy (non-hydrogen) atoms. The number of hydrogen-bond donors (Lipinski definition) is 1. The SMILES string of the molecule is Cc1ccc(C)c(N2C(=O)C(=O)[C@H](c3nc4ccccc4o3)/C(=N\N)C2=O)c1. The largest absolute Gasteiger partial charge is 0.439 e. The number of benzene rings is 2. The van der Waals surface area contributed by atoms with Crippen LogP contribution < -0.4 is 10.7 Å². The number of carbonyl (C=O) groups is 3. The van der Waals surface area contributed by atoms with Crippen molar-refractivity contribution in [3.63, 3.8) is 0 Å². The van der Waals surface area contributed by atoms with Crippen molar-refractivity contribution < 1.29 is 18.8 Å². The minimum Gasteiger partial charge on any atom is -0.439 e. The summed E-state index contributed by atoms with van der Waals surface area (Å²) < 4.78 is 5.60. The van der Waals surface area contributed by atoms with E-state index >= 15 is 0 Å². The zero-order valence-electron chi connectivity index (χ0n) is 15.2. The molecule has 8 nitrogen and oxygen atoms in total. The van der Waals surface area contributed by atoms with Crippen molar-refractivity contribution >= 4 is 40.1 Å². The van der Waals surface area contributed by atoms with Gasteiger partial charge in [0.05, 0.1) is 5.69 Å². The maximum Gasteiger partial charge on any atom is 0.302 e. The predicted octanol–water partition coefficient (Wildman–Crippen LogP) is 1.99. The summed E-state index contributed by atoms with van der Waals surface area (Å²) in [4.78, 5) is 43.9. The van der Waals surface area contributed by atoms with Gasteiger partial charge in [0, 0.05) is 0 Å². The molecule has 0 aliphatic carbocycles. The first-order valence-corrected chi connectivity index (χ1v) is 8.55. The highest BCUT2D eigenvalue weighted by Crippen LogP contribution is 2.31. The summed E-state index contributed by atoms with van der Waals surface area (Å²) in [6.45, 7) is 3.56. The van der Waals surface area contributed by atoms with E-state index in [1.54, 1.807) is 43.3 Å². The second-order valence-corrected chi connectivity index (χ2v) is 6.57. The number of aryl methyl sites for hydroxylation is 2. The van der Waals surface area contributed by atoms with Crippen LogP contribution in [0.3, 0.4) is 0 Å². The number of rotatable bonds is 2. The number of aromatic nitrogens is 1. The highest BCUT2D eigenvalue weighted by atomic mass is 16.3. The van der Waals surface area contributed by atoms with Gasteiger partial charge in [0.1, 0.15) is 11.2 Å². The third-order valence-electron chi connectivity index (χ3n) is 4.67. The molecule has 2 N–H and O–H groups in total. The van der Waals surface area contributed by atoms with Crippen LogP contribution in [0.1, 0.15) is 22.9 Å². The molecule has 8 heteroatoms. The van der Waals surface area contributed by atoms with Crippen molar-refractivity contribution in [3.05, 3.63) is 59.5 Å². The van der Waals surface area contributed by atoms with Gasteiger partial charge in [-0.3, -0.25) is 14.4 Å². The summed E-state index contributed by atoms with van der Waals surface area (Å²) in [5.41, 5.74) is 2.45. The summed E-state index contributed by atoms with van der Waals surface area (Å²) in [5.74, 6) is 1.35. The Balaban J connectivity index is 1.83. The lowest BCUT2D eigenvalue weighted by Gasteiger charge is -2.29. The topological polar surface area (TPSA) is 119 Å². The molecule has 3 aromatic rings. The lowest BCUT2D eigenvalue weighted by atomic mass is 9.91. The number of para-hydroxylation sites is 2. The van der Waals surface area contributed by atoms with E-state index in [2.05, 4.69) is 10.1 Å². The Morgan fingerprint density at radius 3 is 2.54 bits per heavy atom. The molecule has 0 bridgehead atoms. The van der Waals surface area contributed by atoms with Crippen molar-refractivity contribution in [2.45, 2.75) is 19.8 Å². The second-order valence-electron chi connectivity index (χ2n) is 6.57. The Labute approximate surface area is 159 Å². The van der Waals surface area contributed by atoms with Crippen LogP contribution in [0.2, 0.25) is 0 Å². The number of Topliss-reactive ketones (excluding diaryl/α,β-unsaturated/α-hetero) is 1. The molecule has 2 amide bonds. The number of anilines is 1. The fraction of sp³-hybridized carbons (Fsp3) is 0.150. The average molecular weight is 376 g/mol. The van der Waals surface area contributed by atoms with E-state index in [1.807, 2.05) is 13.0 Å². The van der Waals surface area contributed by atoms with E-state index in [0.29, 0.717) is 22.4 Å². The van der Waals surface area contributed by atoms with Crippen LogP contribution in [0.25, 0.3) is 11.1 Å². The number of amides is 2. The maximum atomic E-state index is 13.0. The first kappa shape index (κ1) is 17.6. The van der Waals surface area contributed by atoms with Crippen LogP contribution >= 0.6 is 0 Å². The number of fused-ring (bicyclic) bond motifs is 1. The van der Waals surface area contributed by atoms with E-state index < -0.39 is 23.5 Å². The van der Waals surface area contributed by atoms with Gasteiger partial charge >= 0.3 is 5.91 Å². The van der Waals surface area contributed by atoms with Gasteiger partial charge in [-0.25, -0.2) is 9.88 Å². The highest BCUT2D eigenvalue weighted by molar-refractivity contribution is 6.67. The van der Waals surface area contributed by atoms with Gasteiger partial charge in [-0.15, -0.1) is 0 Å². The number of hydrazone groups is 1. The van der Waals surface area contributed by atoms with Crippen molar-refractivity contribution in [2.75, 3.05) is 4.90 Å². The number of ketones is 1. The lowest BCUT2D eigenvalue weighted by Crippen LogP contribution is -2.55. The quantitative estimate of drug-likeness (QED) is 0.316. The van der Waals surface area contributed by atoms with Gasteiger partial charge < -0.3 is 10.3 Å². The Morgan fingerprint density at radius 1 is 1.07 bits per heavy atom. The van der Waals surface area contributed by atoms with E-state index in [-0.39, 0.29) is 11.6 Å². The van der Waals surface area contributed by atoms with E-state index in [0.717, 1.165) is 10.5 Å². The molecule has 0 unspecified atom stereocenters. The zero-order chi connectivity index (χ0) is 20.0. The van der Waals surface area contributed by atoms with Crippen LogP contribution in [0, 0.1) is 13.8 Å². The number of nitrogens with zero attached hydrogens (tertiary/aromatic N) is 3. The third-order valence-corrected chi connectivity index (χ3v) is 4.67. The van der Waals surface area contributed by atoms with Crippen molar-refractivity contribution in [1.82, 2.24) is 4.98 Å². The second kappa shape index (κ2) is 6.41. The number of nitrogens with two attached hydrogens (primary N) is 1. The van der Waals surface area contributed by atoms with Crippen LogP contribution in [0.5, 0.6) is 0 Å². The van der Waals surface area contributed by atoms with Crippen molar-refractivity contribution in [1.29, 1.82) is 0 Å². The van der Waals surface area contributed by atoms with Gasteiger partial charge in [-0.05, 0) is 43.2 Å². The molecule has 1 aliphatic rings. The van der Waals surface area contributed by atoms with Gasteiger partial charge in [0.25, 0.3) is 5.91 Å². The monoisotopic (exact) mass is 376 g/mol. The van der Waals surface area contributed by atoms with Gasteiger partial charge in [-0.1, -0.05) is 24.3 Å². The average Bonchev–Trinajstić information content (AvgIpc) is 3.10. The molecule has 1 fully saturated rings. The Hall–Kier alpha value is -3.81. The molecule has 140 valence electrons. The lowest BCUT2D eigenvalue weighted by molar-refractivity contribution is -0.139. The molecule has 1 atom stereocenters. The number of hydrogen-bond acceptors (Lipinski definition) is 7. The van der Waals surface area contributed by atoms with Crippen LogP contribution in [0.15, 0.2) is 52.0 Å². The minimum atomic E-state index is -1.38. The normalized spacial score (nSPS) is 19.1. The summed E-state index contributed by atoms with van der Waals surface area (Å²) >= 11 is 0. The fourth-order valence-corrected chi connectivity index (χ4v) is 3.24. The van der Waals surface area contributed by atoms with Crippen LogP contribution in [0.4, 0.5) is 5.69 Å². The first-order valence-electron chi connectivity index (χ1n) is 8.55. The standard InChI is InChI=1S/C20H16N4O4/c1-10-7-8-11(2)13(9-10)24-19(26)16(23-21)15(17(25)20(24)27)18-22-12-5-3-4-6-14(12)28-18/h3-9,15H,21H2,1-2H3/b23-16+/t15-/m1/s1. The molecule has 0 radical (unpaired) electrons. The first-order chi connectivity index (χ1) is 13.4. The molecule has 4 rings (SSSR count). The molecule has 1 saturated heterocycles. The summed E-state index contributed by atoms with van der Waals surface area (Å²) in [6.07, 6.45) is 0. The number of carbonyl (C=O) groups excluding carboxylic acids is 3. The van der Waals surface area contributed by atoms with E-state index in [9.17, 15) is 14.4 Å². The van der Waals surface area contributed by atoms with Gasteiger partial charge in [0.15, 0.2) is 11.5 Å². The Morgan fingerprint density at radius 2 is 1.82 bits per heavy atom. The van der Waals surface area contributed by atoms with Crippen LogP contribution in [-0.4, -0.2) is 28.3 Å². The number of imide groups is 1. The smallest absolute Gasteiger partial charge is 0.302 e. The molecule has 0 saturated carbocycles. The van der Waals surface area contributed by atoms with E-state index in [1.165, 1.54) is 0 Å². The number of piperidine rings is 1. The minimum absolute atomic E-state index is 0.0854. The summed E-state index contributed by atoms with van der Waals surface area (Å²) in [5, 5.41) is 3.52. The zero-order valence-corrected chi connectivity index (χ0v) is 15.2. The van der Waals surface area contributed by atoms with E-state index in [4.69, 9.17) is 10.3 Å². The fourth-order valence-electron chi connectivity index (χ4n) is 3.24. The third kappa shape index (κ3) is 2.58. The summed E-state index contributed by atoms with van der Waals surface area (Å²) in [7, 11) is 0. The number of oxazole rings is 1. The van der Waals surface area contributed by atoms with Gasteiger partial charge in [-0.2, -0.15) is 5.10 Å². The van der Waals surface area contributed by atoms with Crippen LogP contribution in [-0.2, 0) is 14.4 Å². The molecular weight excluding hydrogens is 360 g/mol. The molecule has 1 aliphatic heterocycles. The molecule has 1 aromatic heterocycles. The highest BCUT2D eigenvalue weighted by Gasteiger charge is 2.49. The molecular formula is C20H16N4O4. The van der Waals surface area contributed by atoms with Crippen molar-refractivity contribution in [3.8, 4) is 0 Å². The molecule has 2 heterocycles. The Kier molecular flexibility index (Phi) is 4.03. The summed E-state index contributed by atoms with van der Waals surface area (Å²) in [6, 6.07) is 12.1. The maximum absolute atomic E-state index is 13.0. The van der Waals surface area contributed by atoms with Gasteiger partial charge in [0.2, 0.25) is 11.7 Å². The molecule has 0 spiro atoms. The van der Waals surface area contributed by atoms with Crippen molar-refractivity contribution in [2.24, 2.45) is 10.9 Å². The molecule has 2 aromatic carbocycles.